The number of para-hydroxylation sites is 1. The summed E-state index contributed by atoms with van der Waals surface area (Å²) >= 11 is 7.22. The Morgan fingerprint density at radius 1 is 1.13 bits per heavy atom. The lowest BCUT2D eigenvalue weighted by Crippen LogP contribution is -2.26. The van der Waals surface area contributed by atoms with Crippen molar-refractivity contribution in [1.29, 1.82) is 0 Å². The first-order chi connectivity index (χ1) is 14.6. The summed E-state index contributed by atoms with van der Waals surface area (Å²) in [4.78, 5) is 17.8. The molecule has 5 nitrogen and oxygen atoms in total. The molecule has 1 aliphatic heterocycles. The van der Waals surface area contributed by atoms with Crippen LogP contribution in [0.4, 0.5) is 0 Å². The zero-order valence-electron chi connectivity index (χ0n) is 15.9. The van der Waals surface area contributed by atoms with Crippen molar-refractivity contribution in [3.63, 3.8) is 0 Å². The Balaban J connectivity index is 1.48. The summed E-state index contributed by atoms with van der Waals surface area (Å²) in [6.07, 6.45) is 7.45. The number of rotatable bonds is 3. The number of ether oxygens (including phenoxy) is 1. The maximum atomic E-state index is 12.8. The van der Waals surface area contributed by atoms with Crippen LogP contribution in [0.5, 0.6) is 5.75 Å². The summed E-state index contributed by atoms with van der Waals surface area (Å²) in [6.45, 7) is 1.97. The van der Waals surface area contributed by atoms with Gasteiger partial charge in [0.05, 0.1) is 4.53 Å². The molecule has 1 aliphatic rings. The van der Waals surface area contributed by atoms with Crippen LogP contribution in [0.15, 0.2) is 58.9 Å². The van der Waals surface area contributed by atoms with E-state index in [4.69, 9.17) is 16.3 Å². The van der Waals surface area contributed by atoms with E-state index in [0.717, 1.165) is 22.4 Å². The van der Waals surface area contributed by atoms with E-state index in [2.05, 4.69) is 16.2 Å². The summed E-state index contributed by atoms with van der Waals surface area (Å²) in [5.74, 6) is 1.34. The van der Waals surface area contributed by atoms with E-state index in [0.29, 0.717) is 20.3 Å². The van der Waals surface area contributed by atoms with Crippen LogP contribution in [-0.4, -0.2) is 20.7 Å². The van der Waals surface area contributed by atoms with Gasteiger partial charge in [0, 0.05) is 10.6 Å². The average Bonchev–Trinajstić information content (AvgIpc) is 3.27. The van der Waals surface area contributed by atoms with E-state index >= 15 is 0 Å². The molecule has 4 aromatic rings. The molecule has 1 unspecified atom stereocenters. The fourth-order valence-corrected chi connectivity index (χ4v) is 4.28. The number of fused-ring (bicyclic) bond motifs is 2. The SMILES string of the molecule is CC1Oc2ccccc2C=C1/C=c1\sc2nc(/C=C/c3ccc(Cl)cc3)nn2c1=O. The molecule has 5 rings (SSSR count). The monoisotopic (exact) mass is 433 g/mol. The lowest BCUT2D eigenvalue weighted by Gasteiger charge is -2.22. The van der Waals surface area contributed by atoms with Crippen molar-refractivity contribution in [3.05, 3.63) is 91.0 Å². The Morgan fingerprint density at radius 2 is 1.93 bits per heavy atom. The van der Waals surface area contributed by atoms with Crippen molar-refractivity contribution in [2.75, 3.05) is 0 Å². The van der Waals surface area contributed by atoms with E-state index in [1.54, 1.807) is 6.08 Å². The first-order valence-electron chi connectivity index (χ1n) is 9.39. The van der Waals surface area contributed by atoms with Gasteiger partial charge in [-0.25, -0.2) is 0 Å². The van der Waals surface area contributed by atoms with Gasteiger partial charge in [0.15, 0.2) is 5.82 Å². The topological polar surface area (TPSA) is 56.5 Å². The van der Waals surface area contributed by atoms with E-state index < -0.39 is 0 Å². The summed E-state index contributed by atoms with van der Waals surface area (Å²) in [6, 6.07) is 15.3. The second-order valence-electron chi connectivity index (χ2n) is 6.91. The Kier molecular flexibility index (Phi) is 4.73. The Morgan fingerprint density at radius 3 is 2.73 bits per heavy atom. The molecule has 0 spiro atoms. The van der Waals surface area contributed by atoms with Gasteiger partial charge in [-0.15, -0.1) is 5.10 Å². The van der Waals surface area contributed by atoms with E-state index in [1.165, 1.54) is 15.9 Å². The lowest BCUT2D eigenvalue weighted by atomic mass is 10.0. The number of nitrogens with zero attached hydrogens (tertiary/aromatic N) is 3. The van der Waals surface area contributed by atoms with E-state index in [1.807, 2.05) is 67.6 Å². The molecule has 0 N–H and O–H groups in total. The zero-order chi connectivity index (χ0) is 20.7. The summed E-state index contributed by atoms with van der Waals surface area (Å²) in [5, 5.41) is 5.02. The van der Waals surface area contributed by atoms with Crippen molar-refractivity contribution < 1.29 is 4.74 Å². The first kappa shape index (κ1) is 18.8. The Bertz CT molecular complexity index is 1420. The van der Waals surface area contributed by atoms with Crippen LogP contribution in [0.2, 0.25) is 5.02 Å². The molecule has 0 radical (unpaired) electrons. The molecule has 0 saturated heterocycles. The molecule has 30 heavy (non-hydrogen) atoms. The number of benzene rings is 2. The molecular formula is C23H16ClN3O2S. The number of aromatic nitrogens is 3. The van der Waals surface area contributed by atoms with Gasteiger partial charge in [-0.05, 0) is 54.5 Å². The summed E-state index contributed by atoms with van der Waals surface area (Å²) in [5.41, 5.74) is 2.74. The second kappa shape index (κ2) is 7.55. The molecule has 0 amide bonds. The van der Waals surface area contributed by atoms with Gasteiger partial charge < -0.3 is 4.74 Å². The van der Waals surface area contributed by atoms with Gasteiger partial charge in [-0.2, -0.15) is 9.50 Å². The maximum absolute atomic E-state index is 12.8. The van der Waals surface area contributed by atoms with Crippen LogP contribution in [0, 0.1) is 0 Å². The van der Waals surface area contributed by atoms with Crippen molar-refractivity contribution in [3.8, 4) is 5.75 Å². The van der Waals surface area contributed by atoms with Crippen molar-refractivity contribution in [2.45, 2.75) is 13.0 Å². The largest absolute Gasteiger partial charge is 0.485 e. The van der Waals surface area contributed by atoms with Gasteiger partial charge in [-0.1, -0.05) is 59.3 Å². The highest BCUT2D eigenvalue weighted by molar-refractivity contribution is 7.15. The zero-order valence-corrected chi connectivity index (χ0v) is 17.5. The van der Waals surface area contributed by atoms with Crippen LogP contribution in [0.1, 0.15) is 23.9 Å². The normalized spacial score (nSPS) is 16.7. The molecule has 148 valence electrons. The maximum Gasteiger partial charge on any atom is 0.291 e. The van der Waals surface area contributed by atoms with Crippen LogP contribution in [0.3, 0.4) is 0 Å². The molecule has 2 aromatic heterocycles. The number of thiazole rings is 1. The van der Waals surface area contributed by atoms with Crippen molar-refractivity contribution in [2.24, 2.45) is 0 Å². The van der Waals surface area contributed by atoms with Gasteiger partial charge in [0.25, 0.3) is 5.56 Å². The molecule has 7 heteroatoms. The molecule has 0 aliphatic carbocycles. The number of hydrogen-bond donors (Lipinski definition) is 0. The van der Waals surface area contributed by atoms with Crippen LogP contribution in [0.25, 0.3) is 29.3 Å². The third-order valence-corrected chi connectivity index (χ3v) is 6.02. The standard InChI is InChI=1S/C23H16ClN3O2S/c1-14-17(12-16-4-2-3-5-19(16)29-14)13-20-22(28)27-23(30-20)25-21(26-27)11-8-15-6-9-18(24)10-7-15/h2-14H,1H3/b11-8+,20-13-. The van der Waals surface area contributed by atoms with Gasteiger partial charge in [-0.3, -0.25) is 4.79 Å². The second-order valence-corrected chi connectivity index (χ2v) is 8.35. The fourth-order valence-electron chi connectivity index (χ4n) is 3.24. The molecule has 0 fully saturated rings. The minimum absolute atomic E-state index is 0.139. The smallest absolute Gasteiger partial charge is 0.291 e. The van der Waals surface area contributed by atoms with Gasteiger partial charge >= 0.3 is 0 Å². The quantitative estimate of drug-likeness (QED) is 0.482. The van der Waals surface area contributed by atoms with Gasteiger partial charge in [0.2, 0.25) is 4.96 Å². The minimum Gasteiger partial charge on any atom is -0.485 e. The highest BCUT2D eigenvalue weighted by Crippen LogP contribution is 2.29. The molecule has 0 bridgehead atoms. The van der Waals surface area contributed by atoms with Crippen molar-refractivity contribution in [1.82, 2.24) is 14.6 Å². The third-order valence-electron chi connectivity index (χ3n) is 4.81. The fraction of sp³-hybridized carbons (Fsp3) is 0.0870. The Labute approximate surface area is 181 Å². The Hall–Kier alpha value is -3.22. The molecule has 0 saturated carbocycles. The first-order valence-corrected chi connectivity index (χ1v) is 10.6. The molecule has 1 atom stereocenters. The third kappa shape index (κ3) is 3.56. The van der Waals surface area contributed by atoms with Crippen LogP contribution < -0.4 is 14.8 Å². The molecule has 2 aromatic carbocycles. The summed E-state index contributed by atoms with van der Waals surface area (Å²) in [7, 11) is 0. The molecule has 3 heterocycles. The van der Waals surface area contributed by atoms with Gasteiger partial charge in [0.1, 0.15) is 11.9 Å². The van der Waals surface area contributed by atoms with Crippen molar-refractivity contribution >= 4 is 52.2 Å². The summed E-state index contributed by atoms with van der Waals surface area (Å²) < 4.78 is 7.89. The number of hydrogen-bond acceptors (Lipinski definition) is 5. The van der Waals surface area contributed by atoms with Crippen LogP contribution in [-0.2, 0) is 0 Å². The van der Waals surface area contributed by atoms with E-state index in [9.17, 15) is 4.79 Å². The predicted octanol–water partition coefficient (Wildman–Crippen LogP) is 4.34. The average molecular weight is 434 g/mol. The van der Waals surface area contributed by atoms with Crippen LogP contribution >= 0.6 is 22.9 Å². The predicted molar refractivity (Wildman–Crippen MR) is 122 cm³/mol. The minimum atomic E-state index is -0.180. The highest BCUT2D eigenvalue weighted by Gasteiger charge is 2.18. The lowest BCUT2D eigenvalue weighted by molar-refractivity contribution is 0.259. The molecular weight excluding hydrogens is 418 g/mol. The highest BCUT2D eigenvalue weighted by atomic mass is 35.5. The van der Waals surface area contributed by atoms with E-state index in [-0.39, 0.29) is 11.7 Å². The number of halogens is 1.